The first-order chi connectivity index (χ1) is 15.5. The van der Waals surface area contributed by atoms with Crippen molar-refractivity contribution >= 4 is 26.5 Å². The maximum Gasteiger partial charge on any atom is 0.229 e. The molecular formula is C25H29N3O4S. The fourth-order valence-electron chi connectivity index (χ4n) is 3.58. The quantitative estimate of drug-likeness (QED) is 0.421. The Bertz CT molecular complexity index is 1270. The number of rotatable bonds is 10. The Kier molecular flexibility index (Phi) is 7.59. The number of aliphatic hydroxyl groups is 1. The summed E-state index contributed by atoms with van der Waals surface area (Å²) in [7, 11) is -3.44. The molecule has 0 aromatic heterocycles. The molecule has 174 valence electrons. The molecule has 0 aliphatic carbocycles. The van der Waals surface area contributed by atoms with Crippen molar-refractivity contribution in [2.75, 3.05) is 24.1 Å². The zero-order valence-electron chi connectivity index (χ0n) is 19.0. The maximum atomic E-state index is 11.4. The van der Waals surface area contributed by atoms with E-state index >= 15 is 0 Å². The second-order valence-corrected chi connectivity index (χ2v) is 10.5. The number of nitrogens with zero attached hydrogens (tertiary/aromatic N) is 1. The topological polar surface area (TPSA) is 111 Å². The maximum absolute atomic E-state index is 11.4. The summed E-state index contributed by atoms with van der Waals surface area (Å²) in [6.07, 6.45) is 1.04. The first kappa shape index (κ1) is 24.5. The fourth-order valence-corrected chi connectivity index (χ4v) is 4.14. The lowest BCUT2D eigenvalue weighted by Gasteiger charge is -2.28. The average molecular weight is 468 g/mol. The number of nitriles is 1. The number of aliphatic hydroxyl groups excluding tert-OH is 1. The second kappa shape index (κ2) is 10.2. The smallest absolute Gasteiger partial charge is 0.229 e. The van der Waals surface area contributed by atoms with Crippen molar-refractivity contribution in [2.45, 2.75) is 31.9 Å². The van der Waals surface area contributed by atoms with Gasteiger partial charge in [-0.05, 0) is 54.8 Å². The van der Waals surface area contributed by atoms with Gasteiger partial charge in [-0.1, -0.05) is 42.5 Å². The Labute approximate surface area is 195 Å². The summed E-state index contributed by atoms with van der Waals surface area (Å²) in [4.78, 5) is 0. The average Bonchev–Trinajstić information content (AvgIpc) is 2.75. The highest BCUT2D eigenvalue weighted by atomic mass is 32.2. The normalized spacial score (nSPS) is 12.8. The third kappa shape index (κ3) is 7.46. The van der Waals surface area contributed by atoms with Gasteiger partial charge in [0.1, 0.15) is 24.5 Å². The molecule has 1 atom stereocenters. The minimum Gasteiger partial charge on any atom is -0.489 e. The van der Waals surface area contributed by atoms with Gasteiger partial charge in [-0.15, -0.1) is 0 Å². The van der Waals surface area contributed by atoms with Crippen LogP contribution in [0.5, 0.6) is 5.75 Å². The van der Waals surface area contributed by atoms with Crippen LogP contribution in [0.25, 0.3) is 10.8 Å². The van der Waals surface area contributed by atoms with E-state index in [2.05, 4.69) is 54.2 Å². The summed E-state index contributed by atoms with van der Waals surface area (Å²) in [6.45, 7) is 4.47. The molecule has 33 heavy (non-hydrogen) atoms. The Morgan fingerprint density at radius 2 is 1.82 bits per heavy atom. The Morgan fingerprint density at radius 1 is 1.09 bits per heavy atom. The monoisotopic (exact) mass is 467 g/mol. The molecule has 0 spiro atoms. The highest BCUT2D eigenvalue weighted by Crippen LogP contribution is 2.23. The van der Waals surface area contributed by atoms with Crippen LogP contribution >= 0.6 is 0 Å². The molecular weight excluding hydrogens is 438 g/mol. The van der Waals surface area contributed by atoms with Gasteiger partial charge in [-0.3, -0.25) is 4.72 Å². The summed E-state index contributed by atoms with van der Waals surface area (Å²) < 4.78 is 30.7. The number of β-amino-alcohol motifs (C(OH)–C–C–N with tert-alkyl or cyclic N) is 1. The van der Waals surface area contributed by atoms with Gasteiger partial charge in [-0.2, -0.15) is 5.26 Å². The van der Waals surface area contributed by atoms with Gasteiger partial charge in [-0.25, -0.2) is 8.42 Å². The van der Waals surface area contributed by atoms with E-state index in [1.807, 2.05) is 18.2 Å². The van der Waals surface area contributed by atoms with Gasteiger partial charge in [0.2, 0.25) is 10.0 Å². The van der Waals surface area contributed by atoms with Crippen LogP contribution in [0, 0.1) is 11.3 Å². The molecule has 3 N–H and O–H groups in total. The van der Waals surface area contributed by atoms with Crippen LogP contribution in [0.4, 0.5) is 5.69 Å². The number of fused-ring (bicyclic) bond motifs is 1. The lowest BCUT2D eigenvalue weighted by atomic mass is 9.93. The van der Waals surface area contributed by atoms with E-state index in [1.54, 1.807) is 0 Å². The summed E-state index contributed by atoms with van der Waals surface area (Å²) >= 11 is 0. The van der Waals surface area contributed by atoms with E-state index < -0.39 is 16.1 Å². The van der Waals surface area contributed by atoms with Crippen LogP contribution in [0.2, 0.25) is 0 Å². The highest BCUT2D eigenvalue weighted by molar-refractivity contribution is 7.92. The van der Waals surface area contributed by atoms with Crippen molar-refractivity contribution in [1.29, 1.82) is 5.26 Å². The molecule has 0 aliphatic heterocycles. The molecule has 0 radical (unpaired) electrons. The van der Waals surface area contributed by atoms with E-state index in [0.29, 0.717) is 6.54 Å². The molecule has 0 aliphatic rings. The Hall–Kier alpha value is -3.12. The molecule has 0 saturated heterocycles. The first-order valence-corrected chi connectivity index (χ1v) is 12.5. The predicted molar refractivity (Wildman–Crippen MR) is 131 cm³/mol. The lowest BCUT2D eigenvalue weighted by Crippen LogP contribution is -2.46. The largest absolute Gasteiger partial charge is 0.489 e. The van der Waals surface area contributed by atoms with Gasteiger partial charge in [0.05, 0.1) is 17.5 Å². The van der Waals surface area contributed by atoms with Crippen molar-refractivity contribution in [3.8, 4) is 11.8 Å². The molecule has 0 bridgehead atoms. The van der Waals surface area contributed by atoms with E-state index in [1.165, 1.54) is 34.5 Å². The molecule has 7 nitrogen and oxygen atoms in total. The van der Waals surface area contributed by atoms with Crippen LogP contribution in [-0.2, 0) is 16.4 Å². The molecule has 0 unspecified atom stereocenters. The number of hydrogen-bond donors (Lipinski definition) is 3. The van der Waals surface area contributed by atoms with Crippen LogP contribution in [0.3, 0.4) is 0 Å². The molecule has 8 heteroatoms. The zero-order valence-corrected chi connectivity index (χ0v) is 19.8. The van der Waals surface area contributed by atoms with Gasteiger partial charge >= 0.3 is 0 Å². The number of anilines is 1. The third-order valence-corrected chi connectivity index (χ3v) is 5.72. The molecule has 3 aromatic rings. The fraction of sp³-hybridized carbons (Fsp3) is 0.320. The Morgan fingerprint density at radius 3 is 2.52 bits per heavy atom. The first-order valence-electron chi connectivity index (χ1n) is 10.6. The number of benzene rings is 3. The van der Waals surface area contributed by atoms with Gasteiger partial charge in [0, 0.05) is 12.1 Å². The molecule has 0 fully saturated rings. The van der Waals surface area contributed by atoms with Crippen molar-refractivity contribution < 1.29 is 18.3 Å². The van der Waals surface area contributed by atoms with Crippen LogP contribution in [0.1, 0.15) is 25.0 Å². The summed E-state index contributed by atoms with van der Waals surface area (Å²) in [6, 6.07) is 21.1. The number of nitrogens with one attached hydrogen (secondary N) is 2. The SMILES string of the molecule is CC(C)(Cc1ccc2ccccc2c1)NC[C@@H](O)COc1ccc(NS(C)(=O)=O)cc1C#N. The molecule has 3 aromatic carbocycles. The Balaban J connectivity index is 1.53. The van der Waals surface area contributed by atoms with Crippen LogP contribution in [-0.4, -0.2) is 44.6 Å². The minimum absolute atomic E-state index is 0.00735. The molecule has 0 saturated carbocycles. The van der Waals surface area contributed by atoms with Gasteiger partial charge in [0.25, 0.3) is 0 Å². The molecule has 3 rings (SSSR count). The van der Waals surface area contributed by atoms with Gasteiger partial charge < -0.3 is 15.2 Å². The van der Waals surface area contributed by atoms with Crippen molar-refractivity contribution in [3.63, 3.8) is 0 Å². The number of ether oxygens (including phenoxy) is 1. The molecule has 0 heterocycles. The number of hydrogen-bond acceptors (Lipinski definition) is 6. The van der Waals surface area contributed by atoms with E-state index in [9.17, 15) is 18.8 Å². The van der Waals surface area contributed by atoms with Crippen molar-refractivity contribution in [1.82, 2.24) is 5.32 Å². The summed E-state index contributed by atoms with van der Waals surface area (Å²) in [5, 5.41) is 25.5. The highest BCUT2D eigenvalue weighted by Gasteiger charge is 2.20. The molecule has 0 amide bonds. The predicted octanol–water partition coefficient (Wildman–Crippen LogP) is 3.43. The van der Waals surface area contributed by atoms with E-state index in [4.69, 9.17) is 4.74 Å². The standard InChI is InChI=1S/C25H29N3O4S/c1-25(2,14-18-8-9-19-6-4-5-7-20(19)12-18)27-16-23(29)17-32-24-11-10-22(13-21(24)15-26)28-33(3,30)31/h4-13,23,27-29H,14,16-17H2,1-3H3/t23-/m1/s1. The zero-order chi connectivity index (χ0) is 24.1. The van der Waals surface area contributed by atoms with Crippen molar-refractivity contribution in [2.24, 2.45) is 0 Å². The second-order valence-electron chi connectivity index (χ2n) is 8.78. The van der Waals surface area contributed by atoms with Crippen LogP contribution < -0.4 is 14.8 Å². The lowest BCUT2D eigenvalue weighted by molar-refractivity contribution is 0.0987. The number of sulfonamides is 1. The van der Waals surface area contributed by atoms with Crippen molar-refractivity contribution in [3.05, 3.63) is 71.8 Å². The third-order valence-electron chi connectivity index (χ3n) is 5.11. The van der Waals surface area contributed by atoms with Crippen LogP contribution in [0.15, 0.2) is 60.7 Å². The summed E-state index contributed by atoms with van der Waals surface area (Å²) in [5.74, 6) is 0.283. The van der Waals surface area contributed by atoms with E-state index in [-0.39, 0.29) is 29.1 Å². The minimum atomic E-state index is -3.44. The van der Waals surface area contributed by atoms with E-state index in [0.717, 1.165) is 12.7 Å². The summed E-state index contributed by atoms with van der Waals surface area (Å²) in [5.41, 5.74) is 1.41. The van der Waals surface area contributed by atoms with Gasteiger partial charge in [0.15, 0.2) is 0 Å².